The number of nitrogens with two attached hydrogens (primary N) is 1. The second-order valence-electron chi connectivity index (χ2n) is 5.43. The van der Waals surface area contributed by atoms with Crippen LogP contribution in [0.5, 0.6) is 0 Å². The molecule has 100 valence electrons. The summed E-state index contributed by atoms with van der Waals surface area (Å²) in [5, 5.41) is 3.03. The number of hydrogen-bond acceptors (Lipinski definition) is 3. The average molecular weight is 241 g/mol. The van der Waals surface area contributed by atoms with Crippen molar-refractivity contribution in [3.63, 3.8) is 0 Å². The first kappa shape index (κ1) is 14.5. The van der Waals surface area contributed by atoms with E-state index in [1.807, 2.05) is 6.92 Å². The Bertz CT molecular complexity index is 257. The molecule has 1 heterocycles. The van der Waals surface area contributed by atoms with E-state index in [1.165, 1.54) is 25.8 Å². The molecular formula is C13H27N3O. The lowest BCUT2D eigenvalue weighted by Crippen LogP contribution is -2.52. The van der Waals surface area contributed by atoms with Crippen molar-refractivity contribution in [3.8, 4) is 0 Å². The number of hydrogen-bond donors (Lipinski definition) is 2. The fourth-order valence-electron chi connectivity index (χ4n) is 2.50. The average Bonchev–Trinajstić information content (AvgIpc) is 2.31. The summed E-state index contributed by atoms with van der Waals surface area (Å²) in [6, 6.07) is 0.693. The molecule has 1 aliphatic heterocycles. The second kappa shape index (κ2) is 6.36. The van der Waals surface area contributed by atoms with Crippen molar-refractivity contribution in [2.45, 2.75) is 57.5 Å². The molecule has 1 amide bonds. The number of amides is 1. The van der Waals surface area contributed by atoms with Crippen LogP contribution in [0.2, 0.25) is 0 Å². The molecule has 2 unspecified atom stereocenters. The van der Waals surface area contributed by atoms with Gasteiger partial charge in [0.2, 0.25) is 5.91 Å². The zero-order valence-corrected chi connectivity index (χ0v) is 11.5. The van der Waals surface area contributed by atoms with Crippen LogP contribution >= 0.6 is 0 Å². The molecular weight excluding hydrogens is 214 g/mol. The predicted molar refractivity (Wildman–Crippen MR) is 70.8 cm³/mol. The summed E-state index contributed by atoms with van der Waals surface area (Å²) in [7, 11) is 1.80. The van der Waals surface area contributed by atoms with Crippen molar-refractivity contribution in [1.82, 2.24) is 10.2 Å². The minimum Gasteiger partial charge on any atom is -0.368 e. The molecule has 0 radical (unpaired) electrons. The van der Waals surface area contributed by atoms with E-state index < -0.39 is 5.54 Å². The number of carbonyl (C=O) groups excluding carboxylic acids is 1. The smallest absolute Gasteiger partial charge is 0.237 e. The third-order valence-electron chi connectivity index (χ3n) is 4.16. The Morgan fingerprint density at radius 2 is 2.24 bits per heavy atom. The first-order chi connectivity index (χ1) is 7.99. The molecule has 0 aliphatic carbocycles. The number of rotatable bonds is 6. The van der Waals surface area contributed by atoms with E-state index in [1.54, 1.807) is 7.05 Å². The number of nitrogens with zero attached hydrogens (tertiary/aromatic N) is 1. The van der Waals surface area contributed by atoms with Gasteiger partial charge in [0.1, 0.15) is 0 Å². The molecule has 2 atom stereocenters. The number of carbonyl (C=O) groups is 1. The maximum Gasteiger partial charge on any atom is 0.237 e. The van der Waals surface area contributed by atoms with Crippen molar-refractivity contribution in [2.75, 3.05) is 20.1 Å². The van der Waals surface area contributed by atoms with Crippen molar-refractivity contribution < 1.29 is 4.79 Å². The lowest BCUT2D eigenvalue weighted by molar-refractivity contribution is -0.123. The van der Waals surface area contributed by atoms with Gasteiger partial charge in [0.15, 0.2) is 0 Å². The van der Waals surface area contributed by atoms with Gasteiger partial charge in [0.25, 0.3) is 0 Å². The zero-order chi connectivity index (χ0) is 12.9. The van der Waals surface area contributed by atoms with Crippen molar-refractivity contribution in [3.05, 3.63) is 0 Å². The number of likely N-dealkylation sites (tertiary alicyclic amines) is 1. The summed E-state index contributed by atoms with van der Waals surface area (Å²) in [5.74, 6) is -0.258. The molecule has 1 rings (SSSR count). The van der Waals surface area contributed by atoms with Crippen LogP contribution in [0.1, 0.15) is 46.0 Å². The van der Waals surface area contributed by atoms with Crippen molar-refractivity contribution in [2.24, 2.45) is 5.73 Å². The van der Waals surface area contributed by atoms with Crippen LogP contribution in [0.25, 0.3) is 0 Å². The Hall–Kier alpha value is -0.610. The van der Waals surface area contributed by atoms with Crippen LogP contribution in [-0.2, 0) is 4.79 Å². The van der Waals surface area contributed by atoms with Crippen LogP contribution in [0.3, 0.4) is 0 Å². The van der Waals surface area contributed by atoms with E-state index >= 15 is 0 Å². The summed E-state index contributed by atoms with van der Waals surface area (Å²) < 4.78 is 0. The minimum absolute atomic E-state index is 0.258. The monoisotopic (exact) mass is 241 g/mol. The SMILES string of the molecule is CNC(C)(CCCN1CCCCC1C)C(N)=O. The summed E-state index contributed by atoms with van der Waals surface area (Å²) in [4.78, 5) is 13.9. The largest absolute Gasteiger partial charge is 0.368 e. The molecule has 17 heavy (non-hydrogen) atoms. The fraction of sp³-hybridized carbons (Fsp3) is 0.923. The molecule has 0 aromatic carbocycles. The van der Waals surface area contributed by atoms with E-state index in [0.717, 1.165) is 19.4 Å². The minimum atomic E-state index is -0.557. The zero-order valence-electron chi connectivity index (χ0n) is 11.5. The molecule has 1 aliphatic rings. The van der Waals surface area contributed by atoms with Crippen LogP contribution in [0.4, 0.5) is 0 Å². The highest BCUT2D eigenvalue weighted by Crippen LogP contribution is 2.18. The van der Waals surface area contributed by atoms with Crippen molar-refractivity contribution in [1.29, 1.82) is 0 Å². The van der Waals surface area contributed by atoms with Gasteiger partial charge in [-0.15, -0.1) is 0 Å². The Balaban J connectivity index is 2.33. The number of piperidine rings is 1. The van der Waals surface area contributed by atoms with Gasteiger partial charge < -0.3 is 16.0 Å². The van der Waals surface area contributed by atoms with Crippen molar-refractivity contribution >= 4 is 5.91 Å². The highest BCUT2D eigenvalue weighted by atomic mass is 16.1. The molecule has 4 heteroatoms. The highest BCUT2D eigenvalue weighted by Gasteiger charge is 2.28. The molecule has 0 bridgehead atoms. The maximum absolute atomic E-state index is 11.3. The molecule has 1 fully saturated rings. The van der Waals surface area contributed by atoms with Gasteiger partial charge in [0, 0.05) is 6.04 Å². The quantitative estimate of drug-likeness (QED) is 0.732. The van der Waals surface area contributed by atoms with Gasteiger partial charge >= 0.3 is 0 Å². The second-order valence-corrected chi connectivity index (χ2v) is 5.43. The maximum atomic E-state index is 11.3. The Morgan fingerprint density at radius 1 is 1.53 bits per heavy atom. The molecule has 0 aromatic heterocycles. The normalized spacial score (nSPS) is 25.5. The van der Waals surface area contributed by atoms with Crippen LogP contribution in [0, 0.1) is 0 Å². The number of primary amides is 1. The summed E-state index contributed by atoms with van der Waals surface area (Å²) >= 11 is 0. The Labute approximate surface area is 105 Å². The predicted octanol–water partition coefficient (Wildman–Crippen LogP) is 1.10. The Kier molecular flexibility index (Phi) is 5.40. The van der Waals surface area contributed by atoms with E-state index in [4.69, 9.17) is 5.73 Å². The van der Waals surface area contributed by atoms with Gasteiger partial charge in [-0.2, -0.15) is 0 Å². The van der Waals surface area contributed by atoms with Gasteiger partial charge in [-0.3, -0.25) is 4.79 Å². The molecule has 3 N–H and O–H groups in total. The van der Waals surface area contributed by atoms with Crippen LogP contribution < -0.4 is 11.1 Å². The fourth-order valence-corrected chi connectivity index (χ4v) is 2.50. The third kappa shape index (κ3) is 3.96. The van der Waals surface area contributed by atoms with E-state index in [2.05, 4.69) is 17.1 Å². The van der Waals surface area contributed by atoms with Gasteiger partial charge in [0.05, 0.1) is 5.54 Å². The third-order valence-corrected chi connectivity index (χ3v) is 4.16. The number of nitrogens with one attached hydrogen (secondary N) is 1. The lowest BCUT2D eigenvalue weighted by atomic mass is 9.94. The van der Waals surface area contributed by atoms with E-state index in [0.29, 0.717) is 6.04 Å². The van der Waals surface area contributed by atoms with Gasteiger partial charge in [-0.05, 0) is 59.7 Å². The standard InChI is InChI=1S/C13H27N3O/c1-11-7-4-5-9-16(11)10-6-8-13(2,15-3)12(14)17/h11,15H,4-10H2,1-3H3,(H2,14,17). The number of likely N-dealkylation sites (N-methyl/N-ethyl adjacent to an activating group) is 1. The summed E-state index contributed by atoms with van der Waals surface area (Å²) in [6.45, 7) is 6.46. The molecule has 4 nitrogen and oxygen atoms in total. The highest BCUT2D eigenvalue weighted by molar-refractivity contribution is 5.84. The molecule has 1 saturated heterocycles. The molecule has 0 spiro atoms. The van der Waals surface area contributed by atoms with Crippen LogP contribution in [0.15, 0.2) is 0 Å². The first-order valence-corrected chi connectivity index (χ1v) is 6.72. The summed E-state index contributed by atoms with van der Waals surface area (Å²) in [5.41, 5.74) is 4.86. The molecule has 0 saturated carbocycles. The van der Waals surface area contributed by atoms with Gasteiger partial charge in [-0.1, -0.05) is 6.42 Å². The lowest BCUT2D eigenvalue weighted by Gasteiger charge is -2.34. The van der Waals surface area contributed by atoms with Gasteiger partial charge in [-0.25, -0.2) is 0 Å². The Morgan fingerprint density at radius 3 is 2.76 bits per heavy atom. The van der Waals surface area contributed by atoms with E-state index in [-0.39, 0.29) is 5.91 Å². The first-order valence-electron chi connectivity index (χ1n) is 6.72. The molecule has 0 aromatic rings. The van der Waals surface area contributed by atoms with E-state index in [9.17, 15) is 4.79 Å². The topological polar surface area (TPSA) is 58.4 Å². The van der Waals surface area contributed by atoms with Crippen LogP contribution in [-0.4, -0.2) is 42.5 Å². The summed E-state index contributed by atoms with van der Waals surface area (Å²) in [6.07, 6.45) is 5.79.